The molecule has 4 fully saturated rings. The van der Waals surface area contributed by atoms with Gasteiger partial charge in [0.05, 0.1) is 13.1 Å². The van der Waals surface area contributed by atoms with Crippen LogP contribution in [0.1, 0.15) is 54.4 Å². The molecule has 134 valence electrons. The van der Waals surface area contributed by atoms with Crippen molar-refractivity contribution in [3.05, 3.63) is 29.3 Å². The third-order valence-electron chi connectivity index (χ3n) is 6.40. The lowest BCUT2D eigenvalue weighted by Gasteiger charge is -2.57. The average molecular weight is 343 g/mol. The molecule has 0 N–H and O–H groups in total. The summed E-state index contributed by atoms with van der Waals surface area (Å²) in [6.45, 7) is -0.166. The van der Waals surface area contributed by atoms with E-state index in [1.807, 2.05) is 0 Å². The molecule has 0 atom stereocenters. The van der Waals surface area contributed by atoms with Gasteiger partial charge < -0.3 is 19.4 Å². The molecule has 4 aliphatic carbocycles. The van der Waals surface area contributed by atoms with Gasteiger partial charge >= 0.3 is 5.97 Å². The van der Waals surface area contributed by atoms with Crippen LogP contribution in [0.25, 0.3) is 0 Å². The maximum atomic E-state index is 11.5. The number of hydrogen-bond donors (Lipinski definition) is 0. The fourth-order valence-corrected chi connectivity index (χ4v) is 5.83. The number of esters is 1. The van der Waals surface area contributed by atoms with Crippen LogP contribution >= 0.6 is 0 Å². The predicted molar refractivity (Wildman–Crippen MR) is 88.1 cm³/mol. The van der Waals surface area contributed by atoms with Crippen molar-refractivity contribution in [1.29, 1.82) is 0 Å². The summed E-state index contributed by atoms with van der Waals surface area (Å²) in [5.74, 6) is 1.17. The number of rotatable bonds is 5. The highest BCUT2D eigenvalue weighted by molar-refractivity contribution is 5.86. The van der Waals surface area contributed by atoms with E-state index in [4.69, 9.17) is 4.74 Å². The van der Waals surface area contributed by atoms with Gasteiger partial charge in [0, 0.05) is 5.56 Å². The first-order valence-electron chi connectivity index (χ1n) is 9.04. The Morgan fingerprint density at radius 1 is 1.12 bits per heavy atom. The second kappa shape index (κ2) is 6.04. The zero-order chi connectivity index (χ0) is 17.6. The number of carboxylic acid groups (broad SMARTS) is 1. The molecule has 0 unspecified atom stereocenters. The van der Waals surface area contributed by atoms with Gasteiger partial charge in [-0.05, 0) is 85.5 Å². The van der Waals surface area contributed by atoms with E-state index in [1.54, 1.807) is 12.1 Å². The lowest BCUT2D eigenvalue weighted by molar-refractivity contribution is -0.255. The van der Waals surface area contributed by atoms with Crippen molar-refractivity contribution in [2.75, 3.05) is 13.7 Å². The predicted octanol–water partition coefficient (Wildman–Crippen LogP) is 2.07. The Hall–Kier alpha value is -2.04. The topological polar surface area (TPSA) is 75.7 Å². The van der Waals surface area contributed by atoms with Crippen molar-refractivity contribution in [3.8, 4) is 5.75 Å². The van der Waals surface area contributed by atoms with Crippen molar-refractivity contribution in [2.45, 2.75) is 43.9 Å². The Labute approximate surface area is 147 Å². The van der Waals surface area contributed by atoms with Crippen LogP contribution in [-0.4, -0.2) is 25.7 Å². The van der Waals surface area contributed by atoms with E-state index in [0.717, 1.165) is 42.6 Å². The second-order valence-corrected chi connectivity index (χ2v) is 8.06. The quantitative estimate of drug-likeness (QED) is 0.765. The molecule has 0 aliphatic heterocycles. The van der Waals surface area contributed by atoms with Gasteiger partial charge in [-0.3, -0.25) is 0 Å². The SMILES string of the molecule is COC(=O)COc1ccc(C(=O)[O-])cc1C12CC3CC(CC(C3)C1)C2. The summed E-state index contributed by atoms with van der Waals surface area (Å²) in [5.41, 5.74) is 1.10. The van der Waals surface area contributed by atoms with Crippen LogP contribution in [0, 0.1) is 17.8 Å². The number of carbonyl (C=O) groups is 2. The number of hydrogen-bond acceptors (Lipinski definition) is 5. The second-order valence-electron chi connectivity index (χ2n) is 8.06. The number of ether oxygens (including phenoxy) is 2. The minimum atomic E-state index is -1.18. The van der Waals surface area contributed by atoms with Crippen molar-refractivity contribution in [1.82, 2.24) is 0 Å². The van der Waals surface area contributed by atoms with Gasteiger partial charge in [0.15, 0.2) is 6.61 Å². The van der Waals surface area contributed by atoms with Gasteiger partial charge in [0.1, 0.15) is 5.75 Å². The van der Waals surface area contributed by atoms with Crippen LogP contribution < -0.4 is 9.84 Å². The average Bonchev–Trinajstić information content (AvgIpc) is 2.58. The summed E-state index contributed by atoms with van der Waals surface area (Å²) in [4.78, 5) is 22.8. The van der Waals surface area contributed by atoms with Gasteiger partial charge in [0.2, 0.25) is 0 Å². The summed E-state index contributed by atoms with van der Waals surface area (Å²) in [5, 5.41) is 11.4. The van der Waals surface area contributed by atoms with Crippen molar-refractivity contribution < 1.29 is 24.2 Å². The summed E-state index contributed by atoms with van der Waals surface area (Å²) in [6, 6.07) is 4.88. The fraction of sp³-hybridized carbons (Fsp3) is 0.600. The largest absolute Gasteiger partial charge is 0.545 e. The monoisotopic (exact) mass is 343 g/mol. The molecule has 1 aromatic rings. The molecule has 0 saturated heterocycles. The minimum absolute atomic E-state index is 0.0222. The van der Waals surface area contributed by atoms with Gasteiger partial charge in [-0.2, -0.15) is 0 Å². The van der Waals surface area contributed by atoms with Crippen molar-refractivity contribution >= 4 is 11.9 Å². The number of benzene rings is 1. The molecule has 0 spiro atoms. The van der Waals surface area contributed by atoms with Crippen LogP contribution in [0.4, 0.5) is 0 Å². The molecule has 0 heterocycles. The minimum Gasteiger partial charge on any atom is -0.545 e. The van der Waals surface area contributed by atoms with E-state index >= 15 is 0 Å². The van der Waals surface area contributed by atoms with Crippen molar-refractivity contribution in [3.63, 3.8) is 0 Å². The summed E-state index contributed by atoms with van der Waals surface area (Å²) in [7, 11) is 1.32. The van der Waals surface area contributed by atoms with Crippen LogP contribution in [0.15, 0.2) is 18.2 Å². The van der Waals surface area contributed by atoms with E-state index in [0.29, 0.717) is 5.75 Å². The molecule has 5 nitrogen and oxygen atoms in total. The van der Waals surface area contributed by atoms with E-state index in [2.05, 4.69) is 4.74 Å². The Kier molecular flexibility index (Phi) is 3.97. The van der Waals surface area contributed by atoms with E-state index in [9.17, 15) is 14.7 Å². The first-order chi connectivity index (χ1) is 12.0. The van der Waals surface area contributed by atoms with Gasteiger partial charge in [0.25, 0.3) is 0 Å². The van der Waals surface area contributed by atoms with Gasteiger partial charge in [-0.25, -0.2) is 4.79 Å². The standard InChI is InChI=1S/C20H24O5/c1-24-18(21)11-25-17-3-2-15(19(22)23)7-16(17)20-8-12-4-13(9-20)6-14(5-12)10-20/h2-3,7,12-14H,4-6,8-11H2,1H3,(H,22,23)/p-1. The fourth-order valence-electron chi connectivity index (χ4n) is 5.83. The maximum absolute atomic E-state index is 11.5. The van der Waals surface area contributed by atoms with Crippen LogP contribution in [0.2, 0.25) is 0 Å². The van der Waals surface area contributed by atoms with E-state index < -0.39 is 11.9 Å². The number of aromatic carboxylic acids is 1. The molecule has 25 heavy (non-hydrogen) atoms. The third kappa shape index (κ3) is 2.90. The zero-order valence-electron chi connectivity index (χ0n) is 14.5. The highest BCUT2D eigenvalue weighted by atomic mass is 16.6. The molecule has 1 aromatic carbocycles. The molecule has 4 aliphatic rings. The van der Waals surface area contributed by atoms with E-state index in [-0.39, 0.29) is 17.6 Å². The molecule has 0 radical (unpaired) electrons. The molecular weight excluding hydrogens is 320 g/mol. The lowest BCUT2D eigenvalue weighted by atomic mass is 9.48. The zero-order valence-corrected chi connectivity index (χ0v) is 14.5. The third-order valence-corrected chi connectivity index (χ3v) is 6.40. The molecule has 4 bridgehead atoms. The smallest absolute Gasteiger partial charge is 0.343 e. The van der Waals surface area contributed by atoms with Crippen LogP contribution in [-0.2, 0) is 14.9 Å². The summed E-state index contributed by atoms with van der Waals surface area (Å²) < 4.78 is 10.4. The Morgan fingerprint density at radius 3 is 2.24 bits per heavy atom. The maximum Gasteiger partial charge on any atom is 0.343 e. The lowest BCUT2D eigenvalue weighted by Crippen LogP contribution is -2.48. The summed E-state index contributed by atoms with van der Waals surface area (Å²) in [6.07, 6.45) is 7.17. The van der Waals surface area contributed by atoms with Crippen molar-refractivity contribution in [2.24, 2.45) is 17.8 Å². The molecule has 4 saturated carbocycles. The molecule has 5 heteroatoms. The Balaban J connectivity index is 1.72. The summed E-state index contributed by atoms with van der Waals surface area (Å²) >= 11 is 0. The van der Waals surface area contributed by atoms with Crippen LogP contribution in [0.5, 0.6) is 5.75 Å². The number of methoxy groups -OCH3 is 1. The first-order valence-corrected chi connectivity index (χ1v) is 9.04. The molecular formula is C20H23O5-. The molecule has 0 aromatic heterocycles. The highest BCUT2D eigenvalue weighted by Crippen LogP contribution is 2.61. The molecule has 0 amide bonds. The number of carbonyl (C=O) groups excluding carboxylic acids is 2. The Morgan fingerprint density at radius 2 is 1.72 bits per heavy atom. The highest BCUT2D eigenvalue weighted by Gasteiger charge is 2.52. The van der Waals surface area contributed by atoms with Crippen LogP contribution in [0.3, 0.4) is 0 Å². The molecule has 5 rings (SSSR count). The number of carboxylic acids is 1. The first kappa shape index (κ1) is 16.4. The Bertz CT molecular complexity index is 673. The normalized spacial score (nSPS) is 32.4. The van der Waals surface area contributed by atoms with Gasteiger partial charge in [-0.15, -0.1) is 0 Å². The van der Waals surface area contributed by atoms with E-state index in [1.165, 1.54) is 32.4 Å². The van der Waals surface area contributed by atoms with Gasteiger partial charge in [-0.1, -0.05) is 0 Å².